The van der Waals surface area contributed by atoms with Crippen molar-refractivity contribution >= 4 is 10.8 Å². The van der Waals surface area contributed by atoms with E-state index in [1.807, 2.05) is 0 Å². The molecule has 1 heteroatoms. The van der Waals surface area contributed by atoms with Crippen LogP contribution in [0.15, 0.2) is 54.8 Å². The number of rotatable bonds is 1. The molecule has 15 heavy (non-hydrogen) atoms. The van der Waals surface area contributed by atoms with Gasteiger partial charge in [-0.25, -0.2) is 0 Å². The van der Waals surface area contributed by atoms with Crippen molar-refractivity contribution in [2.45, 2.75) is 12.5 Å². The summed E-state index contributed by atoms with van der Waals surface area (Å²) < 4.78 is 5.51. The first-order valence-electron chi connectivity index (χ1n) is 5.23. The summed E-state index contributed by atoms with van der Waals surface area (Å²) in [5, 5.41) is 2.57. The topological polar surface area (TPSA) is 9.23 Å². The predicted molar refractivity (Wildman–Crippen MR) is 61.5 cm³/mol. The molecule has 0 aromatic heterocycles. The maximum Gasteiger partial charge on any atom is 0.126 e. The summed E-state index contributed by atoms with van der Waals surface area (Å²) in [4.78, 5) is 0. The Labute approximate surface area is 89.0 Å². The fourth-order valence-corrected chi connectivity index (χ4v) is 2.01. The second-order valence-electron chi connectivity index (χ2n) is 3.84. The molecule has 2 aromatic rings. The molecule has 0 saturated heterocycles. The number of ether oxygens (including phenoxy) is 1. The second kappa shape index (κ2) is 3.43. The molecular weight excluding hydrogens is 184 g/mol. The first kappa shape index (κ1) is 8.54. The van der Waals surface area contributed by atoms with Gasteiger partial charge in [0.15, 0.2) is 0 Å². The van der Waals surface area contributed by atoms with Gasteiger partial charge in [-0.2, -0.15) is 0 Å². The average molecular weight is 196 g/mol. The van der Waals surface area contributed by atoms with Gasteiger partial charge in [0.25, 0.3) is 0 Å². The molecule has 0 radical (unpaired) electrons. The van der Waals surface area contributed by atoms with Crippen molar-refractivity contribution in [1.82, 2.24) is 0 Å². The van der Waals surface area contributed by atoms with E-state index in [9.17, 15) is 0 Å². The van der Waals surface area contributed by atoms with E-state index in [4.69, 9.17) is 4.74 Å². The van der Waals surface area contributed by atoms with Crippen molar-refractivity contribution in [2.75, 3.05) is 0 Å². The van der Waals surface area contributed by atoms with E-state index in [-0.39, 0.29) is 6.10 Å². The molecule has 2 aromatic carbocycles. The number of hydrogen-bond donors (Lipinski definition) is 0. The van der Waals surface area contributed by atoms with Crippen LogP contribution in [0.5, 0.6) is 0 Å². The summed E-state index contributed by atoms with van der Waals surface area (Å²) in [6.45, 7) is 0. The Hall–Kier alpha value is -1.76. The highest BCUT2D eigenvalue weighted by molar-refractivity contribution is 5.83. The minimum Gasteiger partial charge on any atom is -0.493 e. The third-order valence-corrected chi connectivity index (χ3v) is 2.83. The fraction of sp³-hybridized carbons (Fsp3) is 0.143. The Morgan fingerprint density at radius 1 is 1.00 bits per heavy atom. The normalized spacial score (nSPS) is 19.3. The highest BCUT2D eigenvalue weighted by Crippen LogP contribution is 2.28. The lowest BCUT2D eigenvalue weighted by Crippen LogP contribution is -1.94. The SMILES string of the molecule is C1=COC(c2ccc3ccccc3c2)C1. The molecule has 1 atom stereocenters. The van der Waals surface area contributed by atoms with Crippen LogP contribution >= 0.6 is 0 Å². The third kappa shape index (κ3) is 1.50. The summed E-state index contributed by atoms with van der Waals surface area (Å²) in [6.07, 6.45) is 5.06. The number of fused-ring (bicyclic) bond motifs is 1. The quantitative estimate of drug-likeness (QED) is 0.673. The smallest absolute Gasteiger partial charge is 0.126 e. The Bertz CT molecular complexity index is 505. The summed E-state index contributed by atoms with van der Waals surface area (Å²) in [7, 11) is 0. The molecule has 74 valence electrons. The van der Waals surface area contributed by atoms with Crippen molar-refractivity contribution in [3.8, 4) is 0 Å². The van der Waals surface area contributed by atoms with Crippen LogP contribution in [0, 0.1) is 0 Å². The van der Waals surface area contributed by atoms with Gasteiger partial charge >= 0.3 is 0 Å². The third-order valence-electron chi connectivity index (χ3n) is 2.83. The van der Waals surface area contributed by atoms with E-state index in [1.54, 1.807) is 6.26 Å². The molecule has 1 unspecified atom stereocenters. The van der Waals surface area contributed by atoms with Gasteiger partial charge in [-0.3, -0.25) is 0 Å². The van der Waals surface area contributed by atoms with E-state index in [0.717, 1.165) is 6.42 Å². The summed E-state index contributed by atoms with van der Waals surface area (Å²) in [5.74, 6) is 0. The molecular formula is C14H12O. The minimum absolute atomic E-state index is 0.217. The molecule has 0 saturated carbocycles. The summed E-state index contributed by atoms with van der Waals surface area (Å²) >= 11 is 0. The van der Waals surface area contributed by atoms with E-state index < -0.39 is 0 Å². The lowest BCUT2D eigenvalue weighted by Gasteiger charge is -2.11. The second-order valence-corrected chi connectivity index (χ2v) is 3.84. The lowest BCUT2D eigenvalue weighted by molar-refractivity contribution is 0.173. The summed E-state index contributed by atoms with van der Waals surface area (Å²) in [5.41, 5.74) is 1.26. The maximum absolute atomic E-state index is 5.51. The van der Waals surface area contributed by atoms with Crippen LogP contribution in [-0.2, 0) is 4.74 Å². The lowest BCUT2D eigenvalue weighted by atomic mass is 10.0. The highest BCUT2D eigenvalue weighted by Gasteiger charge is 2.13. The van der Waals surface area contributed by atoms with E-state index in [2.05, 4.69) is 48.5 Å². The average Bonchev–Trinajstić information content (AvgIpc) is 2.82. The summed E-state index contributed by atoms with van der Waals surface area (Å²) in [6, 6.07) is 14.9. The molecule has 0 bridgehead atoms. The van der Waals surface area contributed by atoms with Gasteiger partial charge in [-0.15, -0.1) is 0 Å². The molecule has 0 aliphatic carbocycles. The Balaban J connectivity index is 2.06. The Morgan fingerprint density at radius 2 is 1.87 bits per heavy atom. The number of benzene rings is 2. The number of hydrogen-bond acceptors (Lipinski definition) is 1. The maximum atomic E-state index is 5.51. The van der Waals surface area contributed by atoms with Gasteiger partial charge in [0.2, 0.25) is 0 Å². The van der Waals surface area contributed by atoms with Crippen LogP contribution in [0.2, 0.25) is 0 Å². The van der Waals surface area contributed by atoms with Crippen molar-refractivity contribution in [3.05, 3.63) is 60.4 Å². The first-order chi connectivity index (χ1) is 7.43. The zero-order chi connectivity index (χ0) is 10.1. The highest BCUT2D eigenvalue weighted by atomic mass is 16.5. The monoisotopic (exact) mass is 196 g/mol. The molecule has 0 spiro atoms. The molecule has 1 nitrogen and oxygen atoms in total. The molecule has 1 aliphatic rings. The van der Waals surface area contributed by atoms with Gasteiger partial charge in [-0.05, 0) is 28.5 Å². The van der Waals surface area contributed by atoms with Crippen LogP contribution in [0.1, 0.15) is 18.1 Å². The van der Waals surface area contributed by atoms with Crippen molar-refractivity contribution in [3.63, 3.8) is 0 Å². The zero-order valence-electron chi connectivity index (χ0n) is 8.39. The van der Waals surface area contributed by atoms with Crippen LogP contribution in [0.3, 0.4) is 0 Å². The standard InChI is InChI=1S/C14H12O/c1-2-5-12-10-13(8-7-11(12)4-1)14-6-3-9-15-14/h1-5,7-10,14H,6H2. The molecule has 1 aliphatic heterocycles. The van der Waals surface area contributed by atoms with Crippen molar-refractivity contribution in [2.24, 2.45) is 0 Å². The molecule has 0 fully saturated rings. The molecule has 0 N–H and O–H groups in total. The van der Waals surface area contributed by atoms with Crippen molar-refractivity contribution < 1.29 is 4.74 Å². The molecule has 0 amide bonds. The largest absolute Gasteiger partial charge is 0.493 e. The van der Waals surface area contributed by atoms with E-state index >= 15 is 0 Å². The van der Waals surface area contributed by atoms with Gasteiger partial charge in [-0.1, -0.05) is 36.4 Å². The van der Waals surface area contributed by atoms with Gasteiger partial charge in [0.1, 0.15) is 6.10 Å². The fourth-order valence-electron chi connectivity index (χ4n) is 2.01. The van der Waals surface area contributed by atoms with Gasteiger partial charge in [0.05, 0.1) is 6.26 Å². The molecule has 1 heterocycles. The van der Waals surface area contributed by atoms with Crippen LogP contribution in [-0.4, -0.2) is 0 Å². The predicted octanol–water partition coefficient (Wildman–Crippen LogP) is 3.81. The molecule has 3 rings (SSSR count). The zero-order valence-corrected chi connectivity index (χ0v) is 8.39. The Kier molecular flexibility index (Phi) is 1.95. The first-order valence-corrected chi connectivity index (χ1v) is 5.23. The van der Waals surface area contributed by atoms with E-state index in [0.29, 0.717) is 0 Å². The van der Waals surface area contributed by atoms with Gasteiger partial charge < -0.3 is 4.74 Å². The van der Waals surface area contributed by atoms with E-state index in [1.165, 1.54) is 16.3 Å². The van der Waals surface area contributed by atoms with Crippen LogP contribution < -0.4 is 0 Å². The Morgan fingerprint density at radius 3 is 2.67 bits per heavy atom. The minimum atomic E-state index is 0.217. The van der Waals surface area contributed by atoms with Gasteiger partial charge in [0, 0.05) is 6.42 Å². The van der Waals surface area contributed by atoms with Crippen molar-refractivity contribution in [1.29, 1.82) is 0 Å². The van der Waals surface area contributed by atoms with Crippen LogP contribution in [0.25, 0.3) is 10.8 Å². The van der Waals surface area contributed by atoms with Crippen LogP contribution in [0.4, 0.5) is 0 Å².